The van der Waals surface area contributed by atoms with Crippen LogP contribution in [0.15, 0.2) is 36.4 Å². The third-order valence-electron chi connectivity index (χ3n) is 5.22. The second kappa shape index (κ2) is 8.30. The van der Waals surface area contributed by atoms with Gasteiger partial charge in [-0.3, -0.25) is 14.5 Å². The molecule has 0 saturated carbocycles. The number of piperidine rings is 1. The number of rotatable bonds is 5. The van der Waals surface area contributed by atoms with Crippen LogP contribution in [-0.4, -0.2) is 29.8 Å². The summed E-state index contributed by atoms with van der Waals surface area (Å²) in [5.41, 5.74) is 7.44. The van der Waals surface area contributed by atoms with Crippen LogP contribution in [-0.2, 0) is 16.1 Å². The maximum Gasteiger partial charge on any atom is 0.227 e. The summed E-state index contributed by atoms with van der Waals surface area (Å²) >= 11 is 0. The van der Waals surface area contributed by atoms with Gasteiger partial charge in [0.25, 0.3) is 0 Å². The van der Waals surface area contributed by atoms with E-state index in [-0.39, 0.29) is 23.7 Å². The van der Waals surface area contributed by atoms with Crippen LogP contribution in [0.5, 0.6) is 0 Å². The van der Waals surface area contributed by atoms with E-state index >= 15 is 0 Å². The molecule has 1 aromatic rings. The van der Waals surface area contributed by atoms with Crippen molar-refractivity contribution in [1.82, 2.24) is 4.90 Å². The van der Waals surface area contributed by atoms with Crippen LogP contribution in [0.4, 0.5) is 5.69 Å². The van der Waals surface area contributed by atoms with Crippen LogP contribution in [0, 0.1) is 11.8 Å². The molecule has 1 fully saturated rings. The summed E-state index contributed by atoms with van der Waals surface area (Å²) < 4.78 is 0. The number of carbonyl (C=O) groups excluding carboxylic acids is 2. The van der Waals surface area contributed by atoms with Gasteiger partial charge in [-0.05, 0) is 50.3 Å². The summed E-state index contributed by atoms with van der Waals surface area (Å²) in [4.78, 5) is 26.3. The molecule has 2 atom stereocenters. The largest absolute Gasteiger partial charge is 0.369 e. The fourth-order valence-corrected chi connectivity index (χ4v) is 3.72. The first-order valence-corrected chi connectivity index (χ1v) is 9.19. The molecule has 0 aromatic heterocycles. The minimum absolute atomic E-state index is 0.0623. The molecule has 0 spiro atoms. The van der Waals surface area contributed by atoms with Crippen LogP contribution >= 0.6 is 0 Å². The lowest BCUT2D eigenvalue weighted by molar-refractivity contribution is -0.123. The Kier molecular flexibility index (Phi) is 5.87. The lowest BCUT2D eigenvalue weighted by atomic mass is 9.93. The first-order valence-electron chi connectivity index (χ1n) is 9.19. The zero-order valence-electron chi connectivity index (χ0n) is 14.6. The van der Waals surface area contributed by atoms with Gasteiger partial charge < -0.3 is 11.1 Å². The van der Waals surface area contributed by atoms with Crippen molar-refractivity contribution in [3.05, 3.63) is 42.0 Å². The minimum atomic E-state index is -0.211. The van der Waals surface area contributed by atoms with Crippen LogP contribution in [0.1, 0.15) is 37.7 Å². The van der Waals surface area contributed by atoms with Gasteiger partial charge in [-0.25, -0.2) is 0 Å². The molecule has 25 heavy (non-hydrogen) atoms. The number of nitrogens with zero attached hydrogens (tertiary/aromatic N) is 1. The van der Waals surface area contributed by atoms with Gasteiger partial charge in [0.15, 0.2) is 0 Å². The molecule has 1 aliphatic heterocycles. The van der Waals surface area contributed by atoms with Crippen molar-refractivity contribution in [2.75, 3.05) is 18.4 Å². The molecule has 3 N–H and O–H groups in total. The normalized spacial score (nSPS) is 24.0. The van der Waals surface area contributed by atoms with Crippen molar-refractivity contribution in [2.24, 2.45) is 17.6 Å². The topological polar surface area (TPSA) is 75.4 Å². The molecule has 0 radical (unpaired) electrons. The fraction of sp³-hybridized carbons (Fsp3) is 0.500. The van der Waals surface area contributed by atoms with Gasteiger partial charge in [-0.15, -0.1) is 0 Å². The highest BCUT2D eigenvalue weighted by Crippen LogP contribution is 2.24. The number of hydrogen-bond donors (Lipinski definition) is 2. The predicted octanol–water partition coefficient (Wildman–Crippen LogP) is 2.68. The average molecular weight is 341 g/mol. The molecule has 3 rings (SSSR count). The number of anilines is 1. The lowest BCUT2D eigenvalue weighted by Crippen LogP contribution is -2.40. The number of nitrogens with one attached hydrogen (secondary N) is 1. The van der Waals surface area contributed by atoms with Crippen LogP contribution in [0.3, 0.4) is 0 Å². The standard InChI is InChI=1S/C20H27N3O2/c21-19(24)17-10-6-12-23(14-17)13-16-9-4-5-11-18(16)22-20(25)15-7-2-1-3-8-15/h1-2,4-5,9,11,15,17H,3,6-8,10,12-14H2,(H2,21,24)(H,22,25)/t15-,17-/m1/s1. The van der Waals surface area contributed by atoms with Crippen molar-refractivity contribution in [2.45, 2.75) is 38.6 Å². The minimum Gasteiger partial charge on any atom is -0.369 e. The molecule has 5 nitrogen and oxygen atoms in total. The Morgan fingerprint density at radius 2 is 2.00 bits per heavy atom. The van der Waals surface area contributed by atoms with E-state index < -0.39 is 0 Å². The lowest BCUT2D eigenvalue weighted by Gasteiger charge is -2.31. The van der Waals surface area contributed by atoms with E-state index in [9.17, 15) is 9.59 Å². The Morgan fingerprint density at radius 1 is 1.16 bits per heavy atom. The van der Waals surface area contributed by atoms with Gasteiger partial charge in [-0.1, -0.05) is 30.4 Å². The monoisotopic (exact) mass is 341 g/mol. The molecule has 0 unspecified atom stereocenters. The maximum absolute atomic E-state index is 12.5. The number of para-hydroxylation sites is 1. The van der Waals surface area contributed by atoms with Gasteiger partial charge in [0.05, 0.1) is 5.92 Å². The number of hydrogen-bond acceptors (Lipinski definition) is 3. The quantitative estimate of drug-likeness (QED) is 0.809. The van der Waals surface area contributed by atoms with Crippen LogP contribution in [0.25, 0.3) is 0 Å². The number of primary amides is 1. The summed E-state index contributed by atoms with van der Waals surface area (Å²) in [5.74, 6) is -0.112. The molecule has 1 aromatic carbocycles. The Hall–Kier alpha value is -2.14. The van der Waals surface area contributed by atoms with Crippen molar-refractivity contribution in [3.63, 3.8) is 0 Å². The highest BCUT2D eigenvalue weighted by Gasteiger charge is 2.25. The summed E-state index contributed by atoms with van der Waals surface area (Å²) in [7, 11) is 0. The van der Waals surface area contributed by atoms with Gasteiger partial charge in [-0.2, -0.15) is 0 Å². The maximum atomic E-state index is 12.5. The Labute approximate surface area is 149 Å². The van der Waals surface area contributed by atoms with E-state index in [0.29, 0.717) is 6.54 Å². The van der Waals surface area contributed by atoms with E-state index in [1.54, 1.807) is 0 Å². The van der Waals surface area contributed by atoms with E-state index in [0.717, 1.165) is 56.4 Å². The highest BCUT2D eigenvalue weighted by atomic mass is 16.2. The van der Waals surface area contributed by atoms with Gasteiger partial charge in [0.1, 0.15) is 0 Å². The number of carbonyl (C=O) groups is 2. The molecular weight excluding hydrogens is 314 g/mol. The molecule has 1 saturated heterocycles. The average Bonchev–Trinajstić information content (AvgIpc) is 2.64. The van der Waals surface area contributed by atoms with Gasteiger partial charge in [0.2, 0.25) is 11.8 Å². The number of nitrogens with two attached hydrogens (primary N) is 1. The van der Waals surface area contributed by atoms with E-state index in [2.05, 4.69) is 22.4 Å². The molecule has 134 valence electrons. The van der Waals surface area contributed by atoms with Gasteiger partial charge >= 0.3 is 0 Å². The summed E-state index contributed by atoms with van der Waals surface area (Å²) in [6.45, 7) is 2.38. The predicted molar refractivity (Wildman–Crippen MR) is 98.7 cm³/mol. The van der Waals surface area contributed by atoms with Gasteiger partial charge in [0, 0.05) is 24.7 Å². The number of allylic oxidation sites excluding steroid dienone is 2. The highest BCUT2D eigenvalue weighted by molar-refractivity contribution is 5.93. The van der Waals surface area contributed by atoms with E-state index in [1.807, 2.05) is 24.3 Å². The fourth-order valence-electron chi connectivity index (χ4n) is 3.72. The SMILES string of the molecule is NC(=O)[C@@H]1CCCN(Cc2ccccc2NC(=O)[C@@H]2CC=CCC2)C1. The zero-order chi connectivity index (χ0) is 17.6. The molecule has 0 bridgehead atoms. The third kappa shape index (κ3) is 4.69. The molecule has 2 aliphatic rings. The zero-order valence-corrected chi connectivity index (χ0v) is 14.6. The summed E-state index contributed by atoms with van der Waals surface area (Å²) in [6.07, 6.45) is 8.80. The Bertz CT molecular complexity index is 656. The number of amides is 2. The second-order valence-electron chi connectivity index (χ2n) is 7.10. The first-order chi connectivity index (χ1) is 12.1. The van der Waals surface area contributed by atoms with E-state index in [4.69, 9.17) is 5.73 Å². The molecule has 1 heterocycles. The van der Waals surface area contributed by atoms with E-state index in [1.165, 1.54) is 0 Å². The third-order valence-corrected chi connectivity index (χ3v) is 5.22. The number of likely N-dealkylation sites (tertiary alicyclic amines) is 1. The number of benzene rings is 1. The van der Waals surface area contributed by atoms with Crippen LogP contribution in [0.2, 0.25) is 0 Å². The van der Waals surface area contributed by atoms with Crippen molar-refractivity contribution in [3.8, 4) is 0 Å². The molecule has 2 amide bonds. The Balaban J connectivity index is 1.65. The smallest absolute Gasteiger partial charge is 0.227 e. The van der Waals surface area contributed by atoms with Crippen LogP contribution < -0.4 is 11.1 Å². The molecule has 1 aliphatic carbocycles. The molecular formula is C20H27N3O2. The summed E-state index contributed by atoms with van der Waals surface area (Å²) in [6, 6.07) is 7.94. The second-order valence-corrected chi connectivity index (χ2v) is 7.10. The Morgan fingerprint density at radius 3 is 2.76 bits per heavy atom. The summed E-state index contributed by atoms with van der Waals surface area (Å²) in [5, 5.41) is 3.11. The van der Waals surface area contributed by atoms with Crippen molar-refractivity contribution < 1.29 is 9.59 Å². The first kappa shape index (κ1) is 17.7. The molecule has 5 heteroatoms. The van der Waals surface area contributed by atoms with Crippen molar-refractivity contribution in [1.29, 1.82) is 0 Å². The van der Waals surface area contributed by atoms with Crippen molar-refractivity contribution >= 4 is 17.5 Å².